The molecule has 0 unspecified atom stereocenters. The van der Waals surface area contributed by atoms with Crippen LogP contribution in [-0.2, 0) is 6.54 Å². The van der Waals surface area contributed by atoms with E-state index in [4.69, 9.17) is 5.73 Å². The molecule has 1 aromatic heterocycles. The third-order valence-corrected chi connectivity index (χ3v) is 2.88. The molecule has 0 bridgehead atoms. The highest BCUT2D eigenvalue weighted by molar-refractivity contribution is 5.29. The average Bonchev–Trinajstić information content (AvgIpc) is 2.17. The fourth-order valence-electron chi connectivity index (χ4n) is 1.99. The van der Waals surface area contributed by atoms with Crippen LogP contribution in [0.5, 0.6) is 0 Å². The zero-order valence-electron chi connectivity index (χ0n) is 10.7. The highest BCUT2D eigenvalue weighted by atomic mass is 15.1. The van der Waals surface area contributed by atoms with Crippen molar-refractivity contribution in [2.24, 2.45) is 0 Å². The van der Waals surface area contributed by atoms with Gasteiger partial charge in [0.2, 0.25) is 0 Å². The van der Waals surface area contributed by atoms with Gasteiger partial charge in [0.05, 0.1) is 6.54 Å². The molecule has 0 radical (unpaired) electrons. The normalized spacial score (nSPS) is 11.4. The van der Waals surface area contributed by atoms with E-state index in [2.05, 4.69) is 35.8 Å². The summed E-state index contributed by atoms with van der Waals surface area (Å²) in [7, 11) is 2.11. The Morgan fingerprint density at radius 1 is 1.31 bits per heavy atom. The summed E-state index contributed by atoms with van der Waals surface area (Å²) >= 11 is 0. The molecule has 0 spiro atoms. The first-order valence-electron chi connectivity index (χ1n) is 5.87. The van der Waals surface area contributed by atoms with Crippen LogP contribution in [0.4, 0.5) is 5.82 Å². The second-order valence-electron chi connectivity index (χ2n) is 4.24. The molecular formula is C12H22N4. The Bertz CT molecular complexity index is 314. The molecule has 0 aliphatic carbocycles. The van der Waals surface area contributed by atoms with Crippen molar-refractivity contribution in [2.75, 3.05) is 12.8 Å². The first kappa shape index (κ1) is 12.9. The van der Waals surface area contributed by atoms with Crippen molar-refractivity contribution >= 4 is 5.82 Å². The van der Waals surface area contributed by atoms with Crippen LogP contribution in [0.3, 0.4) is 0 Å². The molecule has 90 valence electrons. The number of nitrogens with zero attached hydrogens (tertiary/aromatic N) is 3. The summed E-state index contributed by atoms with van der Waals surface area (Å²) in [5, 5.41) is 0. The van der Waals surface area contributed by atoms with Gasteiger partial charge in [0, 0.05) is 17.8 Å². The molecule has 0 atom stereocenters. The highest BCUT2D eigenvalue weighted by Crippen LogP contribution is 2.10. The predicted molar refractivity (Wildman–Crippen MR) is 67.0 cm³/mol. The lowest BCUT2D eigenvalue weighted by atomic mass is 10.1. The molecule has 0 amide bonds. The summed E-state index contributed by atoms with van der Waals surface area (Å²) in [6, 6.07) is 2.38. The van der Waals surface area contributed by atoms with Crippen LogP contribution in [0.2, 0.25) is 0 Å². The van der Waals surface area contributed by atoms with E-state index in [0.717, 1.165) is 30.9 Å². The van der Waals surface area contributed by atoms with Crippen molar-refractivity contribution in [3.63, 3.8) is 0 Å². The van der Waals surface area contributed by atoms with E-state index < -0.39 is 0 Å². The van der Waals surface area contributed by atoms with Crippen LogP contribution >= 0.6 is 0 Å². The molecule has 1 heterocycles. The first-order valence-corrected chi connectivity index (χ1v) is 5.87. The lowest BCUT2D eigenvalue weighted by molar-refractivity contribution is 0.216. The van der Waals surface area contributed by atoms with E-state index in [-0.39, 0.29) is 0 Å². The van der Waals surface area contributed by atoms with Crippen molar-refractivity contribution < 1.29 is 0 Å². The molecule has 0 aliphatic rings. The van der Waals surface area contributed by atoms with Crippen LogP contribution in [0, 0.1) is 6.92 Å². The maximum atomic E-state index is 5.71. The molecular weight excluding hydrogens is 200 g/mol. The monoisotopic (exact) mass is 222 g/mol. The quantitative estimate of drug-likeness (QED) is 0.827. The van der Waals surface area contributed by atoms with Crippen LogP contribution in [0.1, 0.15) is 38.2 Å². The van der Waals surface area contributed by atoms with Gasteiger partial charge in [-0.3, -0.25) is 4.90 Å². The van der Waals surface area contributed by atoms with E-state index in [9.17, 15) is 0 Å². The number of aryl methyl sites for hydroxylation is 1. The van der Waals surface area contributed by atoms with Crippen LogP contribution in [0.25, 0.3) is 0 Å². The number of nitrogen functional groups attached to an aromatic ring is 1. The summed E-state index contributed by atoms with van der Waals surface area (Å²) in [6.45, 7) is 7.11. The maximum Gasteiger partial charge on any atom is 0.144 e. The van der Waals surface area contributed by atoms with Crippen LogP contribution < -0.4 is 5.73 Å². The highest BCUT2D eigenvalue weighted by Gasteiger charge is 2.12. The molecule has 0 fully saturated rings. The summed E-state index contributed by atoms with van der Waals surface area (Å²) in [5.41, 5.74) is 6.64. The lowest BCUT2D eigenvalue weighted by Gasteiger charge is -2.25. The van der Waals surface area contributed by atoms with Gasteiger partial charge >= 0.3 is 0 Å². The Labute approximate surface area is 97.9 Å². The molecule has 0 aromatic carbocycles. The molecule has 1 aromatic rings. The largest absolute Gasteiger partial charge is 0.384 e. The minimum Gasteiger partial charge on any atom is -0.384 e. The van der Waals surface area contributed by atoms with Gasteiger partial charge in [-0.1, -0.05) is 13.8 Å². The van der Waals surface area contributed by atoms with Gasteiger partial charge in [0.15, 0.2) is 0 Å². The van der Waals surface area contributed by atoms with E-state index in [1.807, 2.05) is 6.92 Å². The van der Waals surface area contributed by atoms with Crippen molar-refractivity contribution in [1.29, 1.82) is 0 Å². The minimum atomic E-state index is 0.556. The standard InChI is InChI=1S/C12H22N4/c1-5-10(6-2)16(4)8-12-14-9(3)7-11(13)15-12/h7,10H,5-6,8H2,1-4H3,(H2,13,14,15). The van der Waals surface area contributed by atoms with Crippen molar-refractivity contribution in [3.05, 3.63) is 17.6 Å². The van der Waals surface area contributed by atoms with Crippen LogP contribution in [-0.4, -0.2) is 28.0 Å². The molecule has 0 aliphatic heterocycles. The lowest BCUT2D eigenvalue weighted by Crippen LogP contribution is -2.30. The number of anilines is 1. The van der Waals surface area contributed by atoms with Gasteiger partial charge in [0.25, 0.3) is 0 Å². The van der Waals surface area contributed by atoms with Gasteiger partial charge in [0.1, 0.15) is 11.6 Å². The Morgan fingerprint density at radius 3 is 2.44 bits per heavy atom. The van der Waals surface area contributed by atoms with Gasteiger partial charge < -0.3 is 5.73 Å². The smallest absolute Gasteiger partial charge is 0.144 e. The summed E-state index contributed by atoms with van der Waals surface area (Å²) in [5.74, 6) is 1.37. The zero-order chi connectivity index (χ0) is 12.1. The Hall–Kier alpha value is -1.16. The maximum absolute atomic E-state index is 5.71. The Kier molecular flexibility index (Phi) is 4.68. The summed E-state index contributed by atoms with van der Waals surface area (Å²) in [4.78, 5) is 10.9. The second-order valence-corrected chi connectivity index (χ2v) is 4.24. The predicted octanol–water partition coefficient (Wildman–Crippen LogP) is 1.99. The van der Waals surface area contributed by atoms with Gasteiger partial charge in [-0.05, 0) is 26.8 Å². The molecule has 1 rings (SSSR count). The number of nitrogens with two attached hydrogens (primary N) is 1. The van der Waals surface area contributed by atoms with Crippen molar-refractivity contribution in [1.82, 2.24) is 14.9 Å². The average molecular weight is 222 g/mol. The van der Waals surface area contributed by atoms with Crippen molar-refractivity contribution in [3.8, 4) is 0 Å². The molecule has 16 heavy (non-hydrogen) atoms. The second kappa shape index (κ2) is 5.80. The Morgan fingerprint density at radius 2 is 1.94 bits per heavy atom. The first-order chi connectivity index (χ1) is 7.56. The number of rotatable bonds is 5. The van der Waals surface area contributed by atoms with E-state index in [1.165, 1.54) is 0 Å². The van der Waals surface area contributed by atoms with Gasteiger partial charge in [-0.15, -0.1) is 0 Å². The third kappa shape index (κ3) is 3.45. The van der Waals surface area contributed by atoms with Crippen molar-refractivity contribution in [2.45, 2.75) is 46.2 Å². The molecule has 0 saturated heterocycles. The van der Waals surface area contributed by atoms with Crippen LogP contribution in [0.15, 0.2) is 6.07 Å². The third-order valence-electron chi connectivity index (χ3n) is 2.88. The van der Waals surface area contributed by atoms with E-state index >= 15 is 0 Å². The van der Waals surface area contributed by atoms with E-state index in [1.54, 1.807) is 6.07 Å². The number of aromatic nitrogens is 2. The molecule has 2 N–H and O–H groups in total. The molecule has 0 saturated carbocycles. The number of hydrogen-bond acceptors (Lipinski definition) is 4. The molecule has 4 heteroatoms. The molecule has 4 nitrogen and oxygen atoms in total. The summed E-state index contributed by atoms with van der Waals surface area (Å²) in [6.07, 6.45) is 2.29. The fraction of sp³-hybridized carbons (Fsp3) is 0.667. The summed E-state index contributed by atoms with van der Waals surface area (Å²) < 4.78 is 0. The number of hydrogen-bond donors (Lipinski definition) is 1. The van der Waals surface area contributed by atoms with Gasteiger partial charge in [-0.2, -0.15) is 0 Å². The SMILES string of the molecule is CCC(CC)N(C)Cc1nc(C)cc(N)n1. The van der Waals surface area contributed by atoms with Gasteiger partial charge in [-0.25, -0.2) is 9.97 Å². The topological polar surface area (TPSA) is 55.0 Å². The Balaban J connectivity index is 2.72. The van der Waals surface area contributed by atoms with E-state index in [0.29, 0.717) is 11.9 Å². The fourth-order valence-corrected chi connectivity index (χ4v) is 1.99. The zero-order valence-corrected chi connectivity index (χ0v) is 10.7. The minimum absolute atomic E-state index is 0.556.